The SMILES string of the molecule is COC1CS(=O)(=O)CC1NC(=O)N1CC(=O)NC(C)C1. The molecule has 2 rings (SSSR count). The van der Waals surface area contributed by atoms with Crippen molar-refractivity contribution in [1.29, 1.82) is 0 Å². The maximum absolute atomic E-state index is 12.1. The fourth-order valence-electron chi connectivity index (χ4n) is 2.52. The standard InChI is InChI=1S/C11H19N3O5S/c1-7-3-14(4-10(15)12-7)11(16)13-8-5-20(17,18)6-9(8)19-2/h7-9H,3-6H2,1-2H3,(H,12,15)(H,13,16). The van der Waals surface area contributed by atoms with Crippen molar-refractivity contribution in [2.45, 2.75) is 25.1 Å². The van der Waals surface area contributed by atoms with Gasteiger partial charge in [-0.1, -0.05) is 0 Å². The Kier molecular flexibility index (Phi) is 4.19. The summed E-state index contributed by atoms with van der Waals surface area (Å²) in [6.45, 7) is 2.18. The Hall–Kier alpha value is -1.35. The first-order valence-electron chi connectivity index (χ1n) is 6.39. The molecule has 0 spiro atoms. The number of hydrogen-bond donors (Lipinski definition) is 2. The first kappa shape index (κ1) is 15.0. The summed E-state index contributed by atoms with van der Waals surface area (Å²) >= 11 is 0. The van der Waals surface area contributed by atoms with Gasteiger partial charge >= 0.3 is 6.03 Å². The average Bonchev–Trinajstić information content (AvgIpc) is 2.62. The van der Waals surface area contributed by atoms with E-state index in [1.807, 2.05) is 0 Å². The van der Waals surface area contributed by atoms with Crippen LogP contribution in [0.5, 0.6) is 0 Å². The van der Waals surface area contributed by atoms with Crippen LogP contribution in [0.3, 0.4) is 0 Å². The van der Waals surface area contributed by atoms with E-state index in [-0.39, 0.29) is 30.0 Å². The Morgan fingerprint density at radius 3 is 2.75 bits per heavy atom. The van der Waals surface area contributed by atoms with Crippen molar-refractivity contribution in [3.63, 3.8) is 0 Å². The molecule has 9 heteroatoms. The number of carbonyl (C=O) groups is 2. The van der Waals surface area contributed by atoms with Crippen LogP contribution in [0.4, 0.5) is 4.79 Å². The number of nitrogens with zero attached hydrogens (tertiary/aromatic N) is 1. The number of ether oxygens (including phenoxy) is 1. The molecule has 0 aliphatic carbocycles. The Labute approximate surface area is 117 Å². The van der Waals surface area contributed by atoms with Gasteiger partial charge in [0.1, 0.15) is 6.54 Å². The van der Waals surface area contributed by atoms with E-state index in [4.69, 9.17) is 4.74 Å². The predicted molar refractivity (Wildman–Crippen MR) is 70.9 cm³/mol. The first-order chi connectivity index (χ1) is 9.30. The summed E-state index contributed by atoms with van der Waals surface area (Å²) in [5.41, 5.74) is 0. The topological polar surface area (TPSA) is 105 Å². The van der Waals surface area contributed by atoms with Gasteiger partial charge in [-0.3, -0.25) is 4.79 Å². The van der Waals surface area contributed by atoms with Crippen LogP contribution < -0.4 is 10.6 Å². The molecule has 2 N–H and O–H groups in total. The molecule has 0 saturated carbocycles. The Bertz CT molecular complexity index is 506. The molecular formula is C11H19N3O5S. The molecule has 0 radical (unpaired) electrons. The largest absolute Gasteiger partial charge is 0.378 e. The van der Waals surface area contributed by atoms with Gasteiger partial charge in [0.05, 0.1) is 23.7 Å². The van der Waals surface area contributed by atoms with Gasteiger partial charge in [-0.25, -0.2) is 13.2 Å². The molecule has 3 unspecified atom stereocenters. The summed E-state index contributed by atoms with van der Waals surface area (Å²) in [4.78, 5) is 24.9. The molecule has 20 heavy (non-hydrogen) atoms. The van der Waals surface area contributed by atoms with Crippen LogP contribution in [0.1, 0.15) is 6.92 Å². The number of methoxy groups -OCH3 is 1. The zero-order valence-corrected chi connectivity index (χ0v) is 12.3. The van der Waals surface area contributed by atoms with Crippen LogP contribution in [-0.4, -0.2) is 75.1 Å². The van der Waals surface area contributed by atoms with Crippen LogP contribution in [0.25, 0.3) is 0 Å². The number of sulfone groups is 1. The van der Waals surface area contributed by atoms with Crippen molar-refractivity contribution in [3.05, 3.63) is 0 Å². The lowest BCUT2D eigenvalue weighted by Gasteiger charge is -2.32. The molecule has 0 aromatic carbocycles. The Morgan fingerprint density at radius 1 is 1.45 bits per heavy atom. The van der Waals surface area contributed by atoms with E-state index in [2.05, 4.69) is 10.6 Å². The summed E-state index contributed by atoms with van der Waals surface area (Å²) in [7, 11) is -1.77. The molecule has 3 amide bonds. The van der Waals surface area contributed by atoms with E-state index in [1.165, 1.54) is 12.0 Å². The number of piperazine rings is 1. The highest BCUT2D eigenvalue weighted by molar-refractivity contribution is 7.91. The zero-order chi connectivity index (χ0) is 14.9. The quantitative estimate of drug-likeness (QED) is 0.634. The summed E-state index contributed by atoms with van der Waals surface area (Å²) in [6.07, 6.45) is -0.542. The van der Waals surface area contributed by atoms with Gasteiger partial charge < -0.3 is 20.3 Å². The van der Waals surface area contributed by atoms with Gasteiger partial charge in [-0.2, -0.15) is 0 Å². The van der Waals surface area contributed by atoms with Gasteiger partial charge in [0.25, 0.3) is 0 Å². The maximum atomic E-state index is 12.1. The number of carbonyl (C=O) groups excluding carboxylic acids is 2. The predicted octanol–water partition coefficient (Wildman–Crippen LogP) is -1.67. The second-order valence-electron chi connectivity index (χ2n) is 5.26. The van der Waals surface area contributed by atoms with E-state index in [0.717, 1.165) is 0 Å². The highest BCUT2D eigenvalue weighted by atomic mass is 32.2. The van der Waals surface area contributed by atoms with Crippen molar-refractivity contribution >= 4 is 21.8 Å². The van der Waals surface area contributed by atoms with Gasteiger partial charge in [-0.05, 0) is 6.92 Å². The number of rotatable bonds is 2. The smallest absolute Gasteiger partial charge is 0.318 e. The Balaban J connectivity index is 1.99. The first-order valence-corrected chi connectivity index (χ1v) is 8.21. The van der Waals surface area contributed by atoms with E-state index in [1.54, 1.807) is 6.92 Å². The van der Waals surface area contributed by atoms with E-state index in [0.29, 0.717) is 6.54 Å². The summed E-state index contributed by atoms with van der Waals surface area (Å²) < 4.78 is 28.2. The van der Waals surface area contributed by atoms with E-state index in [9.17, 15) is 18.0 Å². The van der Waals surface area contributed by atoms with Gasteiger partial charge in [-0.15, -0.1) is 0 Å². The lowest BCUT2D eigenvalue weighted by molar-refractivity contribution is -0.124. The van der Waals surface area contributed by atoms with E-state index >= 15 is 0 Å². The monoisotopic (exact) mass is 305 g/mol. The average molecular weight is 305 g/mol. The van der Waals surface area contributed by atoms with Crippen molar-refractivity contribution in [1.82, 2.24) is 15.5 Å². The normalized spacial score (nSPS) is 32.8. The van der Waals surface area contributed by atoms with Crippen molar-refractivity contribution in [3.8, 4) is 0 Å². The molecule has 0 aromatic rings. The summed E-state index contributed by atoms with van der Waals surface area (Å²) in [6, 6.07) is -1.12. The van der Waals surface area contributed by atoms with E-state index < -0.39 is 28.0 Å². The molecular weight excluding hydrogens is 286 g/mol. The molecule has 8 nitrogen and oxygen atoms in total. The van der Waals surface area contributed by atoms with Gasteiger partial charge in [0, 0.05) is 19.7 Å². The number of urea groups is 1. The van der Waals surface area contributed by atoms with Crippen LogP contribution in [-0.2, 0) is 19.4 Å². The van der Waals surface area contributed by atoms with Crippen LogP contribution >= 0.6 is 0 Å². The third-order valence-electron chi connectivity index (χ3n) is 3.44. The Morgan fingerprint density at radius 2 is 2.15 bits per heavy atom. The molecule has 2 aliphatic rings. The third kappa shape index (κ3) is 3.40. The fourth-order valence-corrected chi connectivity index (χ4v) is 4.37. The van der Waals surface area contributed by atoms with Gasteiger partial charge in [0.2, 0.25) is 5.91 Å². The number of amides is 3. The molecule has 2 aliphatic heterocycles. The highest BCUT2D eigenvalue weighted by Gasteiger charge is 2.39. The lowest BCUT2D eigenvalue weighted by atomic mass is 10.2. The lowest BCUT2D eigenvalue weighted by Crippen LogP contribution is -2.59. The third-order valence-corrected chi connectivity index (χ3v) is 5.14. The molecule has 0 aromatic heterocycles. The zero-order valence-electron chi connectivity index (χ0n) is 11.5. The van der Waals surface area contributed by atoms with Crippen molar-refractivity contribution in [2.75, 3.05) is 31.7 Å². The second-order valence-corrected chi connectivity index (χ2v) is 7.41. The number of nitrogens with one attached hydrogen (secondary N) is 2. The minimum Gasteiger partial charge on any atom is -0.378 e. The number of hydrogen-bond acceptors (Lipinski definition) is 5. The highest BCUT2D eigenvalue weighted by Crippen LogP contribution is 2.16. The summed E-state index contributed by atoms with van der Waals surface area (Å²) in [5, 5.41) is 5.36. The summed E-state index contributed by atoms with van der Waals surface area (Å²) in [5.74, 6) is -0.445. The van der Waals surface area contributed by atoms with Crippen LogP contribution in [0.2, 0.25) is 0 Å². The van der Waals surface area contributed by atoms with Gasteiger partial charge in [0.15, 0.2) is 9.84 Å². The molecule has 114 valence electrons. The molecule has 0 bridgehead atoms. The van der Waals surface area contributed by atoms with Crippen LogP contribution in [0.15, 0.2) is 0 Å². The maximum Gasteiger partial charge on any atom is 0.318 e. The fraction of sp³-hybridized carbons (Fsp3) is 0.818. The molecule has 3 atom stereocenters. The minimum absolute atomic E-state index is 0.0205. The van der Waals surface area contributed by atoms with Crippen molar-refractivity contribution < 1.29 is 22.7 Å². The molecule has 2 saturated heterocycles. The minimum atomic E-state index is -3.19. The van der Waals surface area contributed by atoms with Crippen LogP contribution in [0, 0.1) is 0 Å². The molecule has 2 fully saturated rings. The molecule has 2 heterocycles. The second kappa shape index (κ2) is 5.57. The van der Waals surface area contributed by atoms with Crippen molar-refractivity contribution in [2.24, 2.45) is 0 Å².